The first-order chi connectivity index (χ1) is 10.1. The van der Waals surface area contributed by atoms with Crippen LogP contribution in [0, 0.1) is 0 Å². The number of aromatic carboxylic acids is 1. The fraction of sp³-hybridized carbons (Fsp3) is 0.188. The largest absolute Gasteiger partial charge is 0.478 e. The Hall–Kier alpha value is -2.69. The zero-order chi connectivity index (χ0) is 15.2. The Bertz CT molecular complexity index is 653. The van der Waals surface area contributed by atoms with Crippen molar-refractivity contribution in [2.24, 2.45) is 0 Å². The van der Waals surface area contributed by atoms with Crippen molar-refractivity contribution in [2.45, 2.75) is 13.3 Å². The summed E-state index contributed by atoms with van der Waals surface area (Å²) in [6, 6.07) is 11.1. The molecule has 1 N–H and O–H groups in total. The first-order valence-electron chi connectivity index (χ1n) is 6.55. The predicted octanol–water partition coefficient (Wildman–Crippen LogP) is 2.55. The van der Waals surface area contributed by atoms with Crippen molar-refractivity contribution in [1.82, 2.24) is 4.98 Å². The first kappa shape index (κ1) is 14.7. The smallest absolute Gasteiger partial charge is 0.357 e. The predicted molar refractivity (Wildman–Crippen MR) is 76.4 cm³/mol. The van der Waals surface area contributed by atoms with Crippen LogP contribution in [0.25, 0.3) is 0 Å². The number of pyridine rings is 1. The number of ether oxygens (including phenoxy) is 1. The molecule has 0 bridgehead atoms. The maximum absolute atomic E-state index is 11.7. The topological polar surface area (TPSA) is 76.5 Å². The molecule has 0 aliphatic rings. The van der Waals surface area contributed by atoms with E-state index in [9.17, 15) is 14.7 Å². The summed E-state index contributed by atoms with van der Waals surface area (Å²) in [6.45, 7) is 1.83. The molecule has 1 heterocycles. The molecular weight excluding hydrogens is 270 g/mol. The molecule has 0 saturated heterocycles. The Morgan fingerprint density at radius 1 is 1.19 bits per heavy atom. The SMILES string of the molecule is CCOC(=O)c1ncc(Cc2ccccc2)cc1C(=O)O. The molecule has 2 aromatic rings. The highest BCUT2D eigenvalue weighted by Gasteiger charge is 2.20. The highest BCUT2D eigenvalue weighted by molar-refractivity contribution is 6.01. The van der Waals surface area contributed by atoms with Crippen LogP contribution in [0.1, 0.15) is 38.9 Å². The summed E-state index contributed by atoms with van der Waals surface area (Å²) in [7, 11) is 0. The van der Waals surface area contributed by atoms with Crippen LogP contribution in [-0.4, -0.2) is 28.6 Å². The zero-order valence-corrected chi connectivity index (χ0v) is 11.6. The van der Waals surface area contributed by atoms with Crippen LogP contribution < -0.4 is 0 Å². The van der Waals surface area contributed by atoms with Gasteiger partial charge in [0, 0.05) is 6.20 Å². The molecule has 5 nitrogen and oxygen atoms in total. The van der Waals surface area contributed by atoms with Gasteiger partial charge in [0.2, 0.25) is 0 Å². The van der Waals surface area contributed by atoms with Crippen molar-refractivity contribution in [3.05, 3.63) is 65.0 Å². The van der Waals surface area contributed by atoms with Gasteiger partial charge in [0.05, 0.1) is 12.2 Å². The van der Waals surface area contributed by atoms with Crippen molar-refractivity contribution >= 4 is 11.9 Å². The van der Waals surface area contributed by atoms with Crippen LogP contribution in [0.5, 0.6) is 0 Å². The van der Waals surface area contributed by atoms with E-state index in [1.165, 1.54) is 12.3 Å². The van der Waals surface area contributed by atoms with E-state index in [0.29, 0.717) is 6.42 Å². The number of hydrogen-bond acceptors (Lipinski definition) is 4. The van der Waals surface area contributed by atoms with E-state index in [0.717, 1.165) is 11.1 Å². The molecule has 2 rings (SSSR count). The number of rotatable bonds is 5. The number of carboxylic acids is 1. The first-order valence-corrected chi connectivity index (χ1v) is 6.55. The molecule has 0 radical (unpaired) electrons. The fourth-order valence-corrected chi connectivity index (χ4v) is 1.96. The second kappa shape index (κ2) is 6.65. The average Bonchev–Trinajstić information content (AvgIpc) is 2.48. The molecule has 0 spiro atoms. The highest BCUT2D eigenvalue weighted by atomic mass is 16.5. The van der Waals surface area contributed by atoms with E-state index in [1.807, 2.05) is 30.3 Å². The summed E-state index contributed by atoms with van der Waals surface area (Å²) in [5, 5.41) is 9.23. The number of carboxylic acid groups (broad SMARTS) is 1. The second-order valence-corrected chi connectivity index (χ2v) is 4.43. The van der Waals surface area contributed by atoms with Crippen LogP contribution >= 0.6 is 0 Å². The number of aromatic nitrogens is 1. The normalized spacial score (nSPS) is 10.1. The lowest BCUT2D eigenvalue weighted by Gasteiger charge is -2.07. The van der Waals surface area contributed by atoms with Crippen LogP contribution in [0.15, 0.2) is 42.6 Å². The van der Waals surface area contributed by atoms with Gasteiger partial charge >= 0.3 is 11.9 Å². The van der Waals surface area contributed by atoms with Gasteiger partial charge in [-0.3, -0.25) is 0 Å². The van der Waals surface area contributed by atoms with Gasteiger partial charge in [-0.05, 0) is 30.5 Å². The molecule has 0 atom stereocenters. The number of nitrogens with zero attached hydrogens (tertiary/aromatic N) is 1. The van der Waals surface area contributed by atoms with Crippen LogP contribution in [0.3, 0.4) is 0 Å². The molecule has 0 aliphatic heterocycles. The lowest BCUT2D eigenvalue weighted by molar-refractivity contribution is 0.0507. The summed E-state index contributed by atoms with van der Waals surface area (Å²) in [4.78, 5) is 26.9. The Kier molecular flexibility index (Phi) is 4.66. The summed E-state index contributed by atoms with van der Waals surface area (Å²) >= 11 is 0. The Balaban J connectivity index is 2.32. The van der Waals surface area contributed by atoms with Gasteiger partial charge in [-0.2, -0.15) is 0 Å². The molecule has 0 amide bonds. The minimum atomic E-state index is -1.19. The van der Waals surface area contributed by atoms with Gasteiger partial charge in [-0.25, -0.2) is 14.6 Å². The molecule has 1 aromatic carbocycles. The van der Waals surface area contributed by atoms with Crippen LogP contribution in [0.4, 0.5) is 0 Å². The Morgan fingerprint density at radius 2 is 1.90 bits per heavy atom. The minimum Gasteiger partial charge on any atom is -0.478 e. The van der Waals surface area contributed by atoms with Gasteiger partial charge in [-0.1, -0.05) is 30.3 Å². The van der Waals surface area contributed by atoms with Crippen molar-refractivity contribution in [2.75, 3.05) is 6.61 Å². The molecular formula is C16H15NO4. The Morgan fingerprint density at radius 3 is 2.52 bits per heavy atom. The van der Waals surface area contributed by atoms with E-state index in [4.69, 9.17) is 4.74 Å². The molecule has 0 aliphatic carbocycles. The molecule has 5 heteroatoms. The van der Waals surface area contributed by atoms with Crippen molar-refractivity contribution in [3.8, 4) is 0 Å². The standard InChI is InChI=1S/C16H15NO4/c1-2-21-16(20)14-13(15(18)19)9-12(10-17-14)8-11-6-4-3-5-7-11/h3-7,9-10H,2,8H2,1H3,(H,18,19). The second-order valence-electron chi connectivity index (χ2n) is 4.43. The van der Waals surface area contributed by atoms with Gasteiger partial charge in [0.25, 0.3) is 0 Å². The lowest BCUT2D eigenvalue weighted by Crippen LogP contribution is -2.14. The number of carbonyl (C=O) groups excluding carboxylic acids is 1. The zero-order valence-electron chi connectivity index (χ0n) is 11.6. The molecule has 0 fully saturated rings. The average molecular weight is 285 g/mol. The van der Waals surface area contributed by atoms with Gasteiger partial charge in [0.1, 0.15) is 0 Å². The maximum atomic E-state index is 11.7. The summed E-state index contributed by atoms with van der Waals surface area (Å²) in [5.74, 6) is -1.92. The van der Waals surface area contributed by atoms with Crippen LogP contribution in [0.2, 0.25) is 0 Å². The van der Waals surface area contributed by atoms with E-state index < -0.39 is 11.9 Å². The number of hydrogen-bond donors (Lipinski definition) is 1. The van der Waals surface area contributed by atoms with Crippen molar-refractivity contribution in [1.29, 1.82) is 0 Å². The maximum Gasteiger partial charge on any atom is 0.357 e. The molecule has 21 heavy (non-hydrogen) atoms. The van der Waals surface area contributed by atoms with Gasteiger partial charge in [0.15, 0.2) is 5.69 Å². The van der Waals surface area contributed by atoms with Crippen molar-refractivity contribution in [3.63, 3.8) is 0 Å². The summed E-state index contributed by atoms with van der Waals surface area (Å²) in [5.41, 5.74) is 1.47. The van der Waals surface area contributed by atoms with E-state index in [-0.39, 0.29) is 17.9 Å². The molecule has 0 saturated carbocycles. The monoisotopic (exact) mass is 285 g/mol. The quantitative estimate of drug-likeness (QED) is 0.854. The van der Waals surface area contributed by atoms with Gasteiger partial charge < -0.3 is 9.84 Å². The van der Waals surface area contributed by atoms with Crippen LogP contribution in [-0.2, 0) is 11.2 Å². The number of carbonyl (C=O) groups is 2. The third-order valence-electron chi connectivity index (χ3n) is 2.89. The van der Waals surface area contributed by atoms with Crippen molar-refractivity contribution < 1.29 is 19.4 Å². The van der Waals surface area contributed by atoms with E-state index in [1.54, 1.807) is 6.92 Å². The van der Waals surface area contributed by atoms with E-state index >= 15 is 0 Å². The molecule has 108 valence electrons. The number of esters is 1. The summed E-state index contributed by atoms with van der Waals surface area (Å²) < 4.78 is 4.81. The third kappa shape index (κ3) is 3.66. The fourth-order valence-electron chi connectivity index (χ4n) is 1.96. The third-order valence-corrected chi connectivity index (χ3v) is 2.89. The summed E-state index contributed by atoms with van der Waals surface area (Å²) in [6.07, 6.45) is 2.06. The van der Waals surface area contributed by atoms with E-state index in [2.05, 4.69) is 4.98 Å². The molecule has 1 aromatic heterocycles. The lowest BCUT2D eigenvalue weighted by atomic mass is 10.0. The Labute approximate surface area is 122 Å². The number of benzene rings is 1. The molecule has 0 unspecified atom stereocenters. The minimum absolute atomic E-state index is 0.137. The highest BCUT2D eigenvalue weighted by Crippen LogP contribution is 2.14. The van der Waals surface area contributed by atoms with Gasteiger partial charge in [-0.15, -0.1) is 0 Å².